The summed E-state index contributed by atoms with van der Waals surface area (Å²) in [6.45, 7) is 1.17. The van der Waals surface area contributed by atoms with E-state index in [1.807, 2.05) is 37.2 Å². The number of rotatable bonds is 8. The van der Waals surface area contributed by atoms with Gasteiger partial charge < -0.3 is 9.64 Å². The van der Waals surface area contributed by atoms with Gasteiger partial charge in [-0.05, 0) is 45.3 Å². The first-order valence-corrected chi connectivity index (χ1v) is 9.87. The molecule has 0 N–H and O–H groups in total. The van der Waals surface area contributed by atoms with Crippen molar-refractivity contribution in [3.05, 3.63) is 58.1 Å². The predicted molar refractivity (Wildman–Crippen MR) is 114 cm³/mol. The molecule has 3 rings (SSSR count). The molecule has 0 aliphatic heterocycles. The van der Waals surface area contributed by atoms with E-state index in [0.717, 1.165) is 11.2 Å². The number of amides is 1. The van der Waals surface area contributed by atoms with Crippen molar-refractivity contribution in [2.45, 2.75) is 6.42 Å². The fourth-order valence-corrected chi connectivity index (χ4v) is 3.99. The summed E-state index contributed by atoms with van der Waals surface area (Å²) in [7, 11) is 5.48. The van der Waals surface area contributed by atoms with Crippen LogP contribution >= 0.6 is 11.3 Å². The number of hydrogen-bond donors (Lipinski definition) is 0. The fourth-order valence-electron chi connectivity index (χ4n) is 2.98. The second kappa shape index (κ2) is 8.97. The maximum Gasteiger partial charge on any atom is 0.282 e. The minimum absolute atomic E-state index is 0.0496. The Bertz CT molecular complexity index is 1030. The highest BCUT2D eigenvalue weighted by atomic mass is 32.1. The Morgan fingerprint density at radius 3 is 2.62 bits per heavy atom. The molecule has 0 saturated heterocycles. The molecule has 0 saturated carbocycles. The third kappa shape index (κ3) is 4.52. The summed E-state index contributed by atoms with van der Waals surface area (Å²) in [5.41, 5.74) is 0.505. The van der Waals surface area contributed by atoms with E-state index in [1.54, 1.807) is 19.2 Å². The van der Waals surface area contributed by atoms with Crippen molar-refractivity contribution < 1.29 is 14.5 Å². The standard InChI is InChI=1S/C20H22N4O4S/c1-22(2)12-7-13-23(19(25)14-8-4-5-9-15(14)24(26)27)20-21-18-16(28-3)10-6-11-17(18)29-20/h4-6,8-11H,7,12-13H2,1-3H3. The molecule has 1 amide bonds. The van der Waals surface area contributed by atoms with Gasteiger partial charge in [0.25, 0.3) is 11.6 Å². The number of nitro groups is 1. The summed E-state index contributed by atoms with van der Waals surface area (Å²) in [6.07, 6.45) is 0.701. The van der Waals surface area contributed by atoms with E-state index in [0.29, 0.717) is 29.4 Å². The first kappa shape index (κ1) is 20.7. The molecule has 1 aromatic heterocycles. The molecular weight excluding hydrogens is 392 g/mol. The van der Waals surface area contributed by atoms with Crippen molar-refractivity contribution in [1.82, 2.24) is 9.88 Å². The molecule has 0 radical (unpaired) electrons. The normalized spacial score (nSPS) is 11.0. The molecule has 2 aromatic carbocycles. The number of ether oxygens (including phenoxy) is 1. The molecular formula is C20H22N4O4S. The Morgan fingerprint density at radius 1 is 1.17 bits per heavy atom. The summed E-state index contributed by atoms with van der Waals surface area (Å²) >= 11 is 1.36. The van der Waals surface area contributed by atoms with E-state index < -0.39 is 10.8 Å². The summed E-state index contributed by atoms with van der Waals surface area (Å²) < 4.78 is 6.26. The van der Waals surface area contributed by atoms with Crippen molar-refractivity contribution in [2.24, 2.45) is 0 Å². The first-order valence-electron chi connectivity index (χ1n) is 9.06. The number of benzene rings is 2. The van der Waals surface area contributed by atoms with Gasteiger partial charge in [-0.2, -0.15) is 0 Å². The summed E-state index contributed by atoms with van der Waals surface area (Å²) in [5.74, 6) is 0.186. The first-order chi connectivity index (χ1) is 13.9. The number of para-hydroxylation sites is 2. The zero-order chi connectivity index (χ0) is 21.0. The number of nitrogens with zero attached hydrogens (tertiary/aromatic N) is 4. The largest absolute Gasteiger partial charge is 0.494 e. The molecule has 0 fully saturated rings. The van der Waals surface area contributed by atoms with E-state index in [4.69, 9.17) is 4.74 Å². The van der Waals surface area contributed by atoms with Crippen LogP contribution in [-0.4, -0.2) is 55.0 Å². The van der Waals surface area contributed by atoms with E-state index in [2.05, 4.69) is 4.98 Å². The lowest BCUT2D eigenvalue weighted by Gasteiger charge is -2.21. The molecule has 0 atom stereocenters. The molecule has 0 unspecified atom stereocenters. The second-order valence-corrected chi connectivity index (χ2v) is 7.70. The number of aromatic nitrogens is 1. The Hall–Kier alpha value is -3.04. The molecule has 0 aliphatic rings. The van der Waals surface area contributed by atoms with Crippen LogP contribution in [0.2, 0.25) is 0 Å². The van der Waals surface area contributed by atoms with Gasteiger partial charge in [-0.1, -0.05) is 29.5 Å². The van der Waals surface area contributed by atoms with Crippen molar-refractivity contribution >= 4 is 38.3 Å². The second-order valence-electron chi connectivity index (χ2n) is 6.69. The zero-order valence-electron chi connectivity index (χ0n) is 16.5. The van der Waals surface area contributed by atoms with Crippen LogP contribution < -0.4 is 9.64 Å². The number of carbonyl (C=O) groups excluding carboxylic acids is 1. The van der Waals surface area contributed by atoms with Crippen LogP contribution in [0.3, 0.4) is 0 Å². The Labute approximate surface area is 172 Å². The van der Waals surface area contributed by atoms with E-state index in [1.165, 1.54) is 28.4 Å². The SMILES string of the molecule is COc1cccc2sc(N(CCCN(C)C)C(=O)c3ccccc3[N+](=O)[O-])nc12. The lowest BCUT2D eigenvalue weighted by molar-refractivity contribution is -0.385. The number of nitro benzene ring substituents is 1. The van der Waals surface area contributed by atoms with Gasteiger partial charge in [0.05, 0.1) is 16.7 Å². The van der Waals surface area contributed by atoms with Crippen molar-refractivity contribution in [3.8, 4) is 5.75 Å². The van der Waals surface area contributed by atoms with Crippen molar-refractivity contribution in [3.63, 3.8) is 0 Å². The summed E-state index contributed by atoms with van der Waals surface area (Å²) in [4.78, 5) is 32.4. The average Bonchev–Trinajstić information content (AvgIpc) is 3.14. The molecule has 1 heterocycles. The lowest BCUT2D eigenvalue weighted by Crippen LogP contribution is -2.33. The highest BCUT2D eigenvalue weighted by molar-refractivity contribution is 7.22. The van der Waals surface area contributed by atoms with Crippen LogP contribution in [0.15, 0.2) is 42.5 Å². The predicted octanol–water partition coefficient (Wildman–Crippen LogP) is 3.81. The van der Waals surface area contributed by atoms with Gasteiger partial charge in [-0.3, -0.25) is 19.8 Å². The van der Waals surface area contributed by atoms with Crippen LogP contribution in [0.4, 0.5) is 10.8 Å². The van der Waals surface area contributed by atoms with Gasteiger partial charge in [0.15, 0.2) is 5.13 Å². The topological polar surface area (TPSA) is 88.8 Å². The molecule has 0 bridgehead atoms. The highest BCUT2D eigenvalue weighted by Gasteiger charge is 2.27. The van der Waals surface area contributed by atoms with E-state index in [9.17, 15) is 14.9 Å². The maximum absolute atomic E-state index is 13.3. The number of hydrogen-bond acceptors (Lipinski definition) is 7. The summed E-state index contributed by atoms with van der Waals surface area (Å²) in [5, 5.41) is 11.9. The Kier molecular flexibility index (Phi) is 6.40. The van der Waals surface area contributed by atoms with Gasteiger partial charge in [0.1, 0.15) is 16.8 Å². The Balaban J connectivity index is 2.03. The van der Waals surface area contributed by atoms with Gasteiger partial charge >= 0.3 is 0 Å². The number of fused-ring (bicyclic) bond motifs is 1. The minimum atomic E-state index is -0.535. The smallest absolute Gasteiger partial charge is 0.282 e. The van der Waals surface area contributed by atoms with Gasteiger partial charge in [0, 0.05) is 12.6 Å². The summed E-state index contributed by atoms with van der Waals surface area (Å²) in [6, 6.07) is 11.6. The number of anilines is 1. The maximum atomic E-state index is 13.3. The highest BCUT2D eigenvalue weighted by Crippen LogP contribution is 2.35. The third-order valence-corrected chi connectivity index (χ3v) is 5.43. The lowest BCUT2D eigenvalue weighted by atomic mass is 10.1. The monoisotopic (exact) mass is 414 g/mol. The Morgan fingerprint density at radius 2 is 1.93 bits per heavy atom. The van der Waals surface area contributed by atoms with Crippen LogP contribution in [0.1, 0.15) is 16.8 Å². The minimum Gasteiger partial charge on any atom is -0.494 e. The molecule has 8 nitrogen and oxygen atoms in total. The van der Waals surface area contributed by atoms with E-state index in [-0.39, 0.29) is 11.3 Å². The van der Waals surface area contributed by atoms with Crippen LogP contribution in [0.25, 0.3) is 10.2 Å². The average molecular weight is 414 g/mol. The van der Waals surface area contributed by atoms with Crippen LogP contribution in [-0.2, 0) is 0 Å². The quantitative estimate of drug-likeness (QED) is 0.411. The number of carbonyl (C=O) groups is 1. The zero-order valence-corrected chi connectivity index (χ0v) is 17.3. The molecule has 29 heavy (non-hydrogen) atoms. The molecule has 3 aromatic rings. The molecule has 0 aliphatic carbocycles. The van der Waals surface area contributed by atoms with Crippen LogP contribution in [0, 0.1) is 10.1 Å². The third-order valence-electron chi connectivity index (χ3n) is 4.38. The van der Waals surface area contributed by atoms with Gasteiger partial charge in [-0.25, -0.2) is 4.98 Å². The van der Waals surface area contributed by atoms with Gasteiger partial charge in [0.2, 0.25) is 0 Å². The van der Waals surface area contributed by atoms with E-state index >= 15 is 0 Å². The van der Waals surface area contributed by atoms with Crippen molar-refractivity contribution in [1.29, 1.82) is 0 Å². The fraction of sp³-hybridized carbons (Fsp3) is 0.300. The number of thiazole rings is 1. The molecule has 0 spiro atoms. The molecule has 9 heteroatoms. The van der Waals surface area contributed by atoms with Gasteiger partial charge in [-0.15, -0.1) is 0 Å². The van der Waals surface area contributed by atoms with Crippen molar-refractivity contribution in [2.75, 3.05) is 39.2 Å². The van der Waals surface area contributed by atoms with Crippen LogP contribution in [0.5, 0.6) is 5.75 Å². The molecule has 152 valence electrons. The number of methoxy groups -OCH3 is 1.